The summed E-state index contributed by atoms with van der Waals surface area (Å²) in [5, 5.41) is 18.6. The molecule has 0 unspecified atom stereocenters. The van der Waals surface area contributed by atoms with Crippen LogP contribution in [0.1, 0.15) is 47.4 Å². The second-order valence-corrected chi connectivity index (χ2v) is 9.05. The number of anilines is 1. The summed E-state index contributed by atoms with van der Waals surface area (Å²) >= 11 is 0. The molecule has 2 atom stereocenters. The van der Waals surface area contributed by atoms with Crippen molar-refractivity contribution in [3.8, 4) is 11.8 Å². The molecule has 1 aliphatic heterocycles. The van der Waals surface area contributed by atoms with Gasteiger partial charge in [0.05, 0.1) is 23.3 Å². The monoisotopic (exact) mass is 454 g/mol. The highest BCUT2D eigenvalue weighted by Gasteiger charge is 2.46. The van der Waals surface area contributed by atoms with E-state index in [1.807, 2.05) is 6.07 Å². The topological polar surface area (TPSA) is 82.8 Å². The molecule has 0 aromatic heterocycles. The summed E-state index contributed by atoms with van der Waals surface area (Å²) in [5.41, 5.74) is 1.92. The van der Waals surface area contributed by atoms with E-state index in [1.54, 1.807) is 30.2 Å². The second kappa shape index (κ2) is 8.31. The zero-order valence-corrected chi connectivity index (χ0v) is 18.2. The molecule has 0 saturated heterocycles. The molecule has 33 heavy (non-hydrogen) atoms. The summed E-state index contributed by atoms with van der Waals surface area (Å²) < 4.78 is 41.4. The highest BCUT2D eigenvalue weighted by atomic mass is 19.1. The van der Waals surface area contributed by atoms with Crippen LogP contribution < -0.4 is 9.64 Å². The van der Waals surface area contributed by atoms with Crippen molar-refractivity contribution in [3.63, 3.8) is 0 Å². The molecule has 2 aromatic rings. The van der Waals surface area contributed by atoms with Gasteiger partial charge in [-0.3, -0.25) is 4.79 Å². The summed E-state index contributed by atoms with van der Waals surface area (Å²) in [6.07, 6.45) is 2.43. The number of fused-ring (bicyclic) bond motifs is 1. The second-order valence-electron chi connectivity index (χ2n) is 9.05. The SMILES string of the molecule is CO[C@H]1C[C@H](Oc2cc(C#N)c(F)c(N3CCc4c(ccc([C@H]5C[C@@H]5C(=O)O)c4F)C3)c2)C1. The van der Waals surface area contributed by atoms with E-state index in [4.69, 9.17) is 14.6 Å². The van der Waals surface area contributed by atoms with Crippen molar-refractivity contribution in [1.82, 2.24) is 0 Å². The summed E-state index contributed by atoms with van der Waals surface area (Å²) in [4.78, 5) is 13.0. The molecular weight excluding hydrogens is 430 g/mol. The van der Waals surface area contributed by atoms with Crippen molar-refractivity contribution >= 4 is 11.7 Å². The van der Waals surface area contributed by atoms with E-state index >= 15 is 8.78 Å². The molecule has 2 fully saturated rings. The molecular formula is C25H24F2N2O4. The summed E-state index contributed by atoms with van der Waals surface area (Å²) in [5.74, 6) is -2.21. The van der Waals surface area contributed by atoms with Gasteiger partial charge in [-0.2, -0.15) is 5.26 Å². The van der Waals surface area contributed by atoms with Crippen LogP contribution in [0.2, 0.25) is 0 Å². The summed E-state index contributed by atoms with van der Waals surface area (Å²) in [7, 11) is 1.65. The Hall–Kier alpha value is -3.18. The third-order valence-electron chi connectivity index (χ3n) is 7.05. The number of aliphatic carboxylic acids is 1. The normalized spacial score (nSPS) is 25.6. The number of carboxylic acid groups (broad SMARTS) is 1. The Morgan fingerprint density at radius 3 is 2.64 bits per heavy atom. The maximum atomic E-state index is 15.2. The molecule has 8 heteroatoms. The first-order chi connectivity index (χ1) is 15.9. The molecule has 0 radical (unpaired) electrons. The number of nitriles is 1. The van der Waals surface area contributed by atoms with Crippen LogP contribution in [0.5, 0.6) is 5.75 Å². The van der Waals surface area contributed by atoms with E-state index in [1.165, 1.54) is 6.07 Å². The lowest BCUT2D eigenvalue weighted by Gasteiger charge is -2.35. The number of halogens is 2. The standard InChI is InChI=1S/C25H24F2N2O4/c1-32-15-7-17(8-15)33-16-6-14(11-28)23(26)22(9-16)29-5-4-18-13(12-29)2-3-19(24(18)27)20-10-21(20)25(30)31/h2-3,6,9,15,17,20-21H,4-5,7-8,10,12H2,1H3,(H,30,31)/t15-,17-,20-,21+/m1/s1. The Labute approximate surface area is 190 Å². The van der Waals surface area contributed by atoms with Gasteiger partial charge in [0.15, 0.2) is 5.82 Å². The fraction of sp³-hybridized carbons (Fsp3) is 0.440. The minimum Gasteiger partial charge on any atom is -0.490 e. The Morgan fingerprint density at radius 1 is 1.18 bits per heavy atom. The average Bonchev–Trinajstić information content (AvgIpc) is 3.58. The van der Waals surface area contributed by atoms with E-state index in [0.717, 1.165) is 18.4 Å². The van der Waals surface area contributed by atoms with Crippen LogP contribution >= 0.6 is 0 Å². The van der Waals surface area contributed by atoms with Crippen LogP contribution in [0, 0.1) is 28.9 Å². The van der Waals surface area contributed by atoms with Crippen molar-refractivity contribution in [2.24, 2.45) is 5.92 Å². The number of benzene rings is 2. The summed E-state index contributed by atoms with van der Waals surface area (Å²) in [6, 6.07) is 8.38. The minimum absolute atomic E-state index is 0.0357. The van der Waals surface area contributed by atoms with E-state index < -0.39 is 17.7 Å². The molecule has 1 N–H and O–H groups in total. The average molecular weight is 454 g/mol. The van der Waals surface area contributed by atoms with Gasteiger partial charge in [-0.1, -0.05) is 12.1 Å². The van der Waals surface area contributed by atoms with E-state index in [9.17, 15) is 10.1 Å². The van der Waals surface area contributed by atoms with E-state index in [2.05, 4.69) is 0 Å². The lowest BCUT2D eigenvalue weighted by atomic mass is 9.92. The largest absolute Gasteiger partial charge is 0.490 e. The van der Waals surface area contributed by atoms with Gasteiger partial charge in [-0.05, 0) is 29.5 Å². The number of carboxylic acids is 1. The maximum absolute atomic E-state index is 15.2. The van der Waals surface area contributed by atoms with Gasteiger partial charge < -0.3 is 19.5 Å². The smallest absolute Gasteiger partial charge is 0.307 e. The van der Waals surface area contributed by atoms with Crippen LogP contribution in [0.15, 0.2) is 24.3 Å². The Balaban J connectivity index is 1.38. The molecule has 5 rings (SSSR count). The van der Waals surface area contributed by atoms with Crippen LogP contribution in [0.4, 0.5) is 14.5 Å². The maximum Gasteiger partial charge on any atom is 0.307 e. The van der Waals surface area contributed by atoms with Gasteiger partial charge in [-0.15, -0.1) is 0 Å². The number of nitrogens with zero attached hydrogens (tertiary/aromatic N) is 2. The van der Waals surface area contributed by atoms with Gasteiger partial charge in [0, 0.05) is 51.1 Å². The number of ether oxygens (including phenoxy) is 2. The molecule has 0 bridgehead atoms. The highest BCUT2D eigenvalue weighted by molar-refractivity contribution is 5.75. The lowest BCUT2D eigenvalue weighted by Crippen LogP contribution is -2.39. The molecule has 3 aliphatic rings. The van der Waals surface area contributed by atoms with Gasteiger partial charge in [0.25, 0.3) is 0 Å². The number of rotatable bonds is 6. The molecule has 0 spiro atoms. The van der Waals surface area contributed by atoms with Crippen molar-refractivity contribution < 1.29 is 28.2 Å². The first kappa shape index (κ1) is 21.7. The Morgan fingerprint density at radius 2 is 1.97 bits per heavy atom. The lowest BCUT2D eigenvalue weighted by molar-refractivity contribution is -0.138. The number of hydrogen-bond donors (Lipinski definition) is 1. The van der Waals surface area contributed by atoms with Gasteiger partial charge in [0.1, 0.15) is 23.7 Å². The third-order valence-corrected chi connectivity index (χ3v) is 7.05. The third kappa shape index (κ3) is 3.91. The molecule has 1 heterocycles. The fourth-order valence-corrected chi connectivity index (χ4v) is 4.89. The van der Waals surface area contributed by atoms with Crippen LogP contribution in [0.25, 0.3) is 0 Å². The van der Waals surface area contributed by atoms with Crippen LogP contribution in [0.3, 0.4) is 0 Å². The Kier molecular flexibility index (Phi) is 5.45. The predicted octanol–water partition coefficient (Wildman–Crippen LogP) is 4.14. The molecule has 2 saturated carbocycles. The van der Waals surface area contributed by atoms with Gasteiger partial charge >= 0.3 is 5.97 Å². The number of carbonyl (C=O) groups is 1. The van der Waals surface area contributed by atoms with Crippen LogP contribution in [-0.2, 0) is 22.5 Å². The minimum atomic E-state index is -0.895. The molecule has 172 valence electrons. The van der Waals surface area contributed by atoms with E-state index in [0.29, 0.717) is 42.8 Å². The zero-order valence-electron chi connectivity index (χ0n) is 18.2. The molecule has 2 aromatic carbocycles. The van der Waals surface area contributed by atoms with Gasteiger partial charge in [-0.25, -0.2) is 8.78 Å². The fourth-order valence-electron chi connectivity index (χ4n) is 4.89. The quantitative estimate of drug-likeness (QED) is 0.706. The first-order valence-electron chi connectivity index (χ1n) is 11.1. The van der Waals surface area contributed by atoms with Crippen molar-refractivity contribution in [2.75, 3.05) is 18.6 Å². The highest BCUT2D eigenvalue weighted by Crippen LogP contribution is 2.49. The van der Waals surface area contributed by atoms with Gasteiger partial charge in [0.2, 0.25) is 0 Å². The van der Waals surface area contributed by atoms with Crippen molar-refractivity contribution in [3.05, 3.63) is 58.2 Å². The van der Waals surface area contributed by atoms with Crippen molar-refractivity contribution in [2.45, 2.75) is 50.4 Å². The van der Waals surface area contributed by atoms with Crippen LogP contribution in [-0.4, -0.2) is 36.9 Å². The number of hydrogen-bond acceptors (Lipinski definition) is 5. The summed E-state index contributed by atoms with van der Waals surface area (Å²) in [6.45, 7) is 0.667. The molecule has 2 aliphatic carbocycles. The van der Waals surface area contributed by atoms with Crippen molar-refractivity contribution in [1.29, 1.82) is 5.26 Å². The van der Waals surface area contributed by atoms with E-state index in [-0.39, 0.29) is 35.2 Å². The number of methoxy groups -OCH3 is 1. The molecule has 6 nitrogen and oxygen atoms in total. The Bertz CT molecular complexity index is 1160. The first-order valence-corrected chi connectivity index (χ1v) is 11.1. The zero-order chi connectivity index (χ0) is 23.3. The molecule has 0 amide bonds. The predicted molar refractivity (Wildman–Crippen MR) is 115 cm³/mol.